The minimum atomic E-state index is 0.250. The van der Waals surface area contributed by atoms with Gasteiger partial charge in [0.15, 0.2) is 0 Å². The number of hydrogen-bond donors (Lipinski definition) is 1. The van der Waals surface area contributed by atoms with Gasteiger partial charge in [-0.3, -0.25) is 0 Å². The average Bonchev–Trinajstić information content (AvgIpc) is 2.80. The first-order valence-corrected chi connectivity index (χ1v) is 7.28. The van der Waals surface area contributed by atoms with E-state index in [0.717, 1.165) is 31.7 Å². The molecule has 4 heteroatoms. The zero-order valence-electron chi connectivity index (χ0n) is 10.6. The largest absolute Gasteiger partial charge is 0.490 e. The number of rotatable bonds is 5. The summed E-state index contributed by atoms with van der Waals surface area (Å²) in [5.41, 5.74) is 0. The Kier molecular flexibility index (Phi) is 5.16. The molecule has 0 saturated carbocycles. The van der Waals surface area contributed by atoms with Gasteiger partial charge in [-0.2, -0.15) is 0 Å². The molecule has 2 atom stereocenters. The van der Waals surface area contributed by atoms with E-state index in [0.29, 0.717) is 16.0 Å². The SMILES string of the molecule is CCC[C@H](Oc1cc(Cl)cc(Cl)c1)[C@@H]1CCNC1. The summed E-state index contributed by atoms with van der Waals surface area (Å²) in [5, 5.41) is 4.63. The summed E-state index contributed by atoms with van der Waals surface area (Å²) in [7, 11) is 0. The monoisotopic (exact) mass is 287 g/mol. The van der Waals surface area contributed by atoms with Crippen molar-refractivity contribution in [1.82, 2.24) is 5.32 Å². The van der Waals surface area contributed by atoms with Crippen LogP contribution in [-0.2, 0) is 0 Å². The first-order valence-electron chi connectivity index (χ1n) is 6.52. The fraction of sp³-hybridized carbons (Fsp3) is 0.571. The van der Waals surface area contributed by atoms with Gasteiger partial charge in [-0.25, -0.2) is 0 Å². The summed E-state index contributed by atoms with van der Waals surface area (Å²) in [6.45, 7) is 4.31. The maximum absolute atomic E-state index is 6.09. The Labute approximate surface area is 119 Å². The molecule has 0 unspecified atom stereocenters. The molecule has 1 fully saturated rings. The van der Waals surface area contributed by atoms with Crippen molar-refractivity contribution in [3.8, 4) is 5.75 Å². The quantitative estimate of drug-likeness (QED) is 0.878. The third-order valence-corrected chi connectivity index (χ3v) is 3.76. The number of benzene rings is 1. The molecule has 1 aromatic carbocycles. The van der Waals surface area contributed by atoms with E-state index in [1.165, 1.54) is 6.42 Å². The Morgan fingerprint density at radius 2 is 2.06 bits per heavy atom. The Morgan fingerprint density at radius 1 is 1.33 bits per heavy atom. The molecule has 0 aromatic heterocycles. The maximum atomic E-state index is 6.09. The van der Waals surface area contributed by atoms with Crippen molar-refractivity contribution in [2.45, 2.75) is 32.3 Å². The van der Waals surface area contributed by atoms with Crippen LogP contribution in [0, 0.1) is 5.92 Å². The lowest BCUT2D eigenvalue weighted by molar-refractivity contribution is 0.132. The summed E-state index contributed by atoms with van der Waals surface area (Å²) in [6, 6.07) is 5.39. The predicted molar refractivity (Wildman–Crippen MR) is 76.8 cm³/mol. The van der Waals surface area contributed by atoms with Crippen molar-refractivity contribution >= 4 is 23.2 Å². The lowest BCUT2D eigenvalue weighted by atomic mass is 9.97. The van der Waals surface area contributed by atoms with E-state index in [2.05, 4.69) is 12.2 Å². The molecule has 1 aromatic rings. The molecule has 0 bridgehead atoms. The highest BCUT2D eigenvalue weighted by Crippen LogP contribution is 2.28. The summed E-state index contributed by atoms with van der Waals surface area (Å²) in [5.74, 6) is 1.36. The standard InChI is InChI=1S/C14H19Cl2NO/c1-2-3-14(10-4-5-17-9-10)18-13-7-11(15)6-12(16)8-13/h6-8,10,14,17H,2-5,9H2,1H3/t10-,14+/m1/s1. The first kappa shape index (κ1) is 14.0. The van der Waals surface area contributed by atoms with E-state index in [9.17, 15) is 0 Å². The maximum Gasteiger partial charge on any atom is 0.122 e. The molecule has 1 aliphatic heterocycles. The van der Waals surface area contributed by atoms with Gasteiger partial charge in [0.25, 0.3) is 0 Å². The molecule has 0 aliphatic carbocycles. The molecule has 2 rings (SSSR count). The van der Waals surface area contributed by atoms with Crippen molar-refractivity contribution in [2.75, 3.05) is 13.1 Å². The van der Waals surface area contributed by atoms with Crippen LogP contribution in [0.2, 0.25) is 10.0 Å². The second-order valence-electron chi connectivity index (χ2n) is 4.80. The van der Waals surface area contributed by atoms with Crippen LogP contribution in [0.1, 0.15) is 26.2 Å². The fourth-order valence-corrected chi connectivity index (χ4v) is 2.95. The van der Waals surface area contributed by atoms with Gasteiger partial charge in [-0.1, -0.05) is 36.5 Å². The van der Waals surface area contributed by atoms with Crippen LogP contribution >= 0.6 is 23.2 Å². The number of hydrogen-bond acceptors (Lipinski definition) is 2. The summed E-state index contributed by atoms with van der Waals surface area (Å²) < 4.78 is 6.09. The van der Waals surface area contributed by atoms with Crippen LogP contribution in [0.4, 0.5) is 0 Å². The highest BCUT2D eigenvalue weighted by Gasteiger charge is 2.25. The molecular formula is C14H19Cl2NO. The summed E-state index contributed by atoms with van der Waals surface area (Å²) in [6.07, 6.45) is 3.62. The predicted octanol–water partition coefficient (Wildman–Crippen LogP) is 4.15. The summed E-state index contributed by atoms with van der Waals surface area (Å²) in [4.78, 5) is 0. The topological polar surface area (TPSA) is 21.3 Å². The number of ether oxygens (including phenoxy) is 1. The van der Waals surface area contributed by atoms with Crippen LogP contribution in [0.25, 0.3) is 0 Å². The average molecular weight is 288 g/mol. The third-order valence-electron chi connectivity index (χ3n) is 3.32. The van der Waals surface area contributed by atoms with Gasteiger partial charge in [-0.15, -0.1) is 0 Å². The van der Waals surface area contributed by atoms with Crippen molar-refractivity contribution in [3.63, 3.8) is 0 Å². The van der Waals surface area contributed by atoms with Gasteiger partial charge in [0.2, 0.25) is 0 Å². The summed E-state index contributed by atoms with van der Waals surface area (Å²) >= 11 is 12.0. The zero-order chi connectivity index (χ0) is 13.0. The van der Waals surface area contributed by atoms with Gasteiger partial charge >= 0.3 is 0 Å². The van der Waals surface area contributed by atoms with E-state index in [4.69, 9.17) is 27.9 Å². The Balaban J connectivity index is 2.07. The Morgan fingerprint density at radius 3 is 2.61 bits per heavy atom. The fourth-order valence-electron chi connectivity index (χ4n) is 2.44. The molecule has 0 spiro atoms. The molecular weight excluding hydrogens is 269 g/mol. The first-order chi connectivity index (χ1) is 8.69. The minimum Gasteiger partial charge on any atom is -0.490 e. The number of nitrogens with one attached hydrogen (secondary N) is 1. The van der Waals surface area contributed by atoms with Gasteiger partial charge in [-0.05, 0) is 37.6 Å². The minimum absolute atomic E-state index is 0.250. The molecule has 0 radical (unpaired) electrons. The van der Waals surface area contributed by atoms with Gasteiger partial charge in [0, 0.05) is 22.5 Å². The molecule has 100 valence electrons. The van der Waals surface area contributed by atoms with Crippen LogP contribution in [0.5, 0.6) is 5.75 Å². The van der Waals surface area contributed by atoms with Crippen molar-refractivity contribution in [2.24, 2.45) is 5.92 Å². The molecule has 18 heavy (non-hydrogen) atoms. The zero-order valence-corrected chi connectivity index (χ0v) is 12.1. The Hall–Kier alpha value is -0.440. The van der Waals surface area contributed by atoms with Crippen molar-refractivity contribution in [1.29, 1.82) is 0 Å². The van der Waals surface area contributed by atoms with E-state index in [1.54, 1.807) is 6.07 Å². The molecule has 1 aliphatic rings. The second kappa shape index (κ2) is 6.65. The van der Waals surface area contributed by atoms with Crippen LogP contribution in [-0.4, -0.2) is 19.2 Å². The molecule has 1 N–H and O–H groups in total. The highest BCUT2D eigenvalue weighted by molar-refractivity contribution is 6.34. The van der Waals surface area contributed by atoms with E-state index in [1.807, 2.05) is 12.1 Å². The normalized spacial score (nSPS) is 20.9. The van der Waals surface area contributed by atoms with Crippen LogP contribution in [0.15, 0.2) is 18.2 Å². The van der Waals surface area contributed by atoms with Crippen LogP contribution < -0.4 is 10.1 Å². The third kappa shape index (κ3) is 3.78. The van der Waals surface area contributed by atoms with Gasteiger partial charge < -0.3 is 10.1 Å². The highest BCUT2D eigenvalue weighted by atomic mass is 35.5. The molecule has 2 nitrogen and oxygen atoms in total. The van der Waals surface area contributed by atoms with E-state index in [-0.39, 0.29) is 6.10 Å². The van der Waals surface area contributed by atoms with E-state index < -0.39 is 0 Å². The van der Waals surface area contributed by atoms with Gasteiger partial charge in [0.05, 0.1) is 0 Å². The van der Waals surface area contributed by atoms with Crippen LogP contribution in [0.3, 0.4) is 0 Å². The second-order valence-corrected chi connectivity index (χ2v) is 5.68. The molecule has 0 amide bonds. The van der Waals surface area contributed by atoms with Gasteiger partial charge in [0.1, 0.15) is 11.9 Å². The smallest absolute Gasteiger partial charge is 0.122 e. The van der Waals surface area contributed by atoms with Crippen molar-refractivity contribution in [3.05, 3.63) is 28.2 Å². The lowest BCUT2D eigenvalue weighted by Gasteiger charge is -2.24. The van der Waals surface area contributed by atoms with E-state index >= 15 is 0 Å². The molecule has 1 heterocycles. The molecule has 1 saturated heterocycles. The van der Waals surface area contributed by atoms with Crippen molar-refractivity contribution < 1.29 is 4.74 Å². The number of halogens is 2. The Bertz CT molecular complexity index is 371. The lowest BCUT2D eigenvalue weighted by Crippen LogP contribution is -2.28.